The zero-order valence-electron chi connectivity index (χ0n) is 19.7. The molecule has 3 N–H and O–H groups in total. The minimum Gasteiger partial charge on any atom is -0.477 e. The van der Waals surface area contributed by atoms with Crippen molar-refractivity contribution in [1.82, 2.24) is 15.1 Å². The molecule has 1 atom stereocenters. The molecule has 0 radical (unpaired) electrons. The van der Waals surface area contributed by atoms with E-state index >= 15 is 0 Å². The summed E-state index contributed by atoms with van der Waals surface area (Å²) in [4.78, 5) is 36.5. The number of amides is 2. The van der Waals surface area contributed by atoms with Gasteiger partial charge in [-0.2, -0.15) is 5.10 Å². The Morgan fingerprint density at radius 3 is 2.31 bits per heavy atom. The van der Waals surface area contributed by atoms with Crippen LogP contribution >= 0.6 is 0 Å². The maximum atomic E-state index is 12.6. The minimum absolute atomic E-state index is 0.0265. The van der Waals surface area contributed by atoms with Crippen LogP contribution in [0.25, 0.3) is 11.1 Å². The molecule has 0 saturated heterocycles. The number of benzene rings is 2. The summed E-state index contributed by atoms with van der Waals surface area (Å²) in [6, 6.07) is 15.7. The molecule has 0 bridgehead atoms. The Bertz CT molecular complexity index is 1210. The van der Waals surface area contributed by atoms with Crippen LogP contribution in [0.3, 0.4) is 0 Å². The van der Waals surface area contributed by atoms with E-state index in [2.05, 4.69) is 40.0 Å². The van der Waals surface area contributed by atoms with E-state index in [1.807, 2.05) is 31.2 Å². The first kappa shape index (κ1) is 24.0. The second-order valence-electron chi connectivity index (χ2n) is 8.58. The van der Waals surface area contributed by atoms with Gasteiger partial charge in [-0.15, -0.1) is 0 Å². The summed E-state index contributed by atoms with van der Waals surface area (Å²) in [5, 5.41) is 18.6. The Morgan fingerprint density at radius 2 is 1.71 bits per heavy atom. The van der Waals surface area contributed by atoms with E-state index in [1.165, 1.54) is 10.9 Å². The Labute approximate surface area is 203 Å². The second-order valence-corrected chi connectivity index (χ2v) is 8.58. The Hall–Kier alpha value is -4.14. The van der Waals surface area contributed by atoms with E-state index in [9.17, 15) is 19.5 Å². The molecule has 0 spiro atoms. The van der Waals surface area contributed by atoms with Crippen LogP contribution in [0.1, 0.15) is 53.6 Å². The Morgan fingerprint density at radius 1 is 1.09 bits per heavy atom. The number of rotatable bonds is 9. The summed E-state index contributed by atoms with van der Waals surface area (Å²) in [5.74, 6) is -1.71. The molecule has 4 rings (SSSR count). The van der Waals surface area contributed by atoms with Crippen LogP contribution < -0.4 is 10.6 Å². The maximum Gasteiger partial charge on any atom is 0.407 e. The molecule has 1 aliphatic carbocycles. The van der Waals surface area contributed by atoms with Gasteiger partial charge in [-0.1, -0.05) is 61.9 Å². The van der Waals surface area contributed by atoms with Crippen molar-refractivity contribution in [3.8, 4) is 11.1 Å². The topological polar surface area (TPSA) is 123 Å². The normalized spacial score (nSPS) is 13.0. The van der Waals surface area contributed by atoms with Gasteiger partial charge in [0, 0.05) is 31.6 Å². The van der Waals surface area contributed by atoms with E-state index < -0.39 is 24.0 Å². The number of carbonyl (C=O) groups is 3. The number of hydrogen-bond acceptors (Lipinski definition) is 5. The fraction of sp³-hybridized carbons (Fsp3) is 0.308. The number of anilines is 1. The first-order chi connectivity index (χ1) is 16.9. The van der Waals surface area contributed by atoms with Gasteiger partial charge in [-0.25, -0.2) is 9.59 Å². The number of carbonyl (C=O) groups excluding carboxylic acids is 2. The summed E-state index contributed by atoms with van der Waals surface area (Å²) in [7, 11) is 1.57. The quantitative estimate of drug-likeness (QED) is 0.426. The highest BCUT2D eigenvalue weighted by atomic mass is 16.5. The Kier molecular flexibility index (Phi) is 7.14. The third-order valence-electron chi connectivity index (χ3n) is 6.05. The molecule has 1 heterocycles. The molecule has 9 heteroatoms. The van der Waals surface area contributed by atoms with Crippen molar-refractivity contribution in [3.05, 3.63) is 71.4 Å². The molecular weight excluding hydrogens is 448 g/mol. The van der Waals surface area contributed by atoms with Gasteiger partial charge in [-0.3, -0.25) is 9.48 Å². The van der Waals surface area contributed by atoms with Gasteiger partial charge in [0.1, 0.15) is 12.2 Å². The van der Waals surface area contributed by atoms with Gasteiger partial charge in [0.15, 0.2) is 5.82 Å². The number of aromatic carboxylic acids is 1. The fourth-order valence-corrected chi connectivity index (χ4v) is 4.52. The number of aromatic nitrogens is 2. The molecule has 182 valence electrons. The predicted molar refractivity (Wildman–Crippen MR) is 130 cm³/mol. The van der Waals surface area contributed by atoms with Crippen molar-refractivity contribution in [2.24, 2.45) is 7.05 Å². The number of ether oxygens (including phenoxy) is 1. The highest BCUT2D eigenvalue weighted by Gasteiger charge is 2.29. The van der Waals surface area contributed by atoms with Crippen LogP contribution in [0.2, 0.25) is 0 Å². The summed E-state index contributed by atoms with van der Waals surface area (Å²) < 4.78 is 6.91. The van der Waals surface area contributed by atoms with Crippen molar-refractivity contribution in [2.75, 3.05) is 11.9 Å². The molecule has 2 amide bonds. The van der Waals surface area contributed by atoms with Crippen molar-refractivity contribution in [3.63, 3.8) is 0 Å². The average Bonchev–Trinajstić information content (AvgIpc) is 3.35. The summed E-state index contributed by atoms with van der Waals surface area (Å²) in [6.07, 6.45) is 1.99. The molecule has 1 aromatic heterocycles. The highest BCUT2D eigenvalue weighted by Crippen LogP contribution is 2.44. The van der Waals surface area contributed by atoms with E-state index in [0.717, 1.165) is 28.7 Å². The van der Waals surface area contributed by atoms with Crippen LogP contribution in [0.15, 0.2) is 54.7 Å². The van der Waals surface area contributed by atoms with Gasteiger partial charge in [0.05, 0.1) is 0 Å². The lowest BCUT2D eigenvalue weighted by molar-refractivity contribution is -0.116. The number of aryl methyl sites for hydroxylation is 1. The zero-order chi connectivity index (χ0) is 24.9. The molecule has 0 fully saturated rings. The first-order valence-electron chi connectivity index (χ1n) is 11.6. The highest BCUT2D eigenvalue weighted by molar-refractivity contribution is 5.99. The van der Waals surface area contributed by atoms with Crippen molar-refractivity contribution in [1.29, 1.82) is 0 Å². The molecule has 3 aromatic rings. The number of fused-ring (bicyclic) bond motifs is 3. The lowest BCUT2D eigenvalue weighted by atomic mass is 9.98. The SMILES string of the molecule is CCC[C@H](CC(=O)Nc1nn(C)cc1C(=O)O)NC(=O)OCC1c2ccccc2-c2ccccc21. The van der Waals surface area contributed by atoms with Crippen LogP contribution in [0.4, 0.5) is 10.6 Å². The predicted octanol–water partition coefficient (Wildman–Crippen LogP) is 4.15. The third kappa shape index (κ3) is 5.34. The first-order valence-corrected chi connectivity index (χ1v) is 11.6. The van der Waals surface area contributed by atoms with Gasteiger partial charge in [0.2, 0.25) is 5.91 Å². The molecular formula is C26H28N4O5. The lowest BCUT2D eigenvalue weighted by Crippen LogP contribution is -2.38. The van der Waals surface area contributed by atoms with Crippen molar-refractivity contribution >= 4 is 23.8 Å². The number of nitrogens with one attached hydrogen (secondary N) is 2. The summed E-state index contributed by atoms with van der Waals surface area (Å²) in [6.45, 7) is 2.13. The number of alkyl carbamates (subject to hydrolysis) is 1. The van der Waals surface area contributed by atoms with Gasteiger partial charge >= 0.3 is 12.1 Å². The number of hydrogen-bond donors (Lipinski definition) is 3. The van der Waals surface area contributed by atoms with Crippen LogP contribution in [0, 0.1) is 0 Å². The number of nitrogens with zero attached hydrogens (tertiary/aromatic N) is 2. The van der Waals surface area contributed by atoms with Gasteiger partial charge in [0.25, 0.3) is 0 Å². The minimum atomic E-state index is -1.18. The average molecular weight is 477 g/mol. The number of carboxylic acid groups (broad SMARTS) is 1. The Balaban J connectivity index is 1.36. The third-order valence-corrected chi connectivity index (χ3v) is 6.05. The van der Waals surface area contributed by atoms with Crippen molar-refractivity contribution in [2.45, 2.75) is 38.1 Å². The van der Waals surface area contributed by atoms with E-state index in [-0.39, 0.29) is 30.3 Å². The number of carboxylic acids is 1. The zero-order valence-corrected chi connectivity index (χ0v) is 19.7. The van der Waals surface area contributed by atoms with E-state index in [0.29, 0.717) is 6.42 Å². The van der Waals surface area contributed by atoms with Crippen LogP contribution in [-0.2, 0) is 16.6 Å². The molecule has 35 heavy (non-hydrogen) atoms. The molecule has 9 nitrogen and oxygen atoms in total. The van der Waals surface area contributed by atoms with Gasteiger partial charge < -0.3 is 20.5 Å². The van der Waals surface area contributed by atoms with Crippen molar-refractivity contribution < 1.29 is 24.2 Å². The van der Waals surface area contributed by atoms with Crippen LogP contribution in [0.5, 0.6) is 0 Å². The lowest BCUT2D eigenvalue weighted by Gasteiger charge is -2.19. The fourth-order valence-electron chi connectivity index (χ4n) is 4.52. The summed E-state index contributed by atoms with van der Waals surface area (Å²) >= 11 is 0. The van der Waals surface area contributed by atoms with E-state index in [1.54, 1.807) is 7.05 Å². The van der Waals surface area contributed by atoms with E-state index in [4.69, 9.17) is 4.74 Å². The molecule has 0 aliphatic heterocycles. The van der Waals surface area contributed by atoms with Gasteiger partial charge in [-0.05, 0) is 28.7 Å². The molecule has 1 aliphatic rings. The second kappa shape index (κ2) is 10.4. The molecule has 0 saturated carbocycles. The standard InChI is InChI=1S/C26H28N4O5/c1-3-8-16(13-23(31)28-24-21(25(32)33)14-30(2)29-24)27-26(34)35-15-22-19-11-6-4-9-17(19)18-10-5-7-12-20(18)22/h4-7,9-12,14,16,22H,3,8,13,15H2,1-2H3,(H,27,34)(H,32,33)(H,28,29,31)/t16-/m1/s1. The monoisotopic (exact) mass is 476 g/mol. The molecule has 0 unspecified atom stereocenters. The smallest absolute Gasteiger partial charge is 0.407 e. The maximum absolute atomic E-state index is 12.6. The largest absolute Gasteiger partial charge is 0.477 e. The summed E-state index contributed by atoms with van der Waals surface area (Å²) in [5.41, 5.74) is 4.43. The molecule has 2 aromatic carbocycles. The van der Waals surface area contributed by atoms with Crippen LogP contribution in [-0.4, -0.2) is 45.5 Å².